The topological polar surface area (TPSA) is 120 Å². The van der Waals surface area contributed by atoms with E-state index in [9.17, 15) is 19.7 Å². The maximum atomic E-state index is 12.0. The summed E-state index contributed by atoms with van der Waals surface area (Å²) in [6.07, 6.45) is -1.08. The van der Waals surface area contributed by atoms with Crippen molar-refractivity contribution in [1.29, 1.82) is 0 Å². The third kappa shape index (κ3) is 5.85. The number of aryl methyl sites for hydroxylation is 1. The Kier molecular flexibility index (Phi) is 7.16. The van der Waals surface area contributed by atoms with Gasteiger partial charge in [0.05, 0.1) is 4.92 Å². The number of ether oxygens (including phenoxy) is 2. The second-order valence-corrected chi connectivity index (χ2v) is 6.16. The van der Waals surface area contributed by atoms with Crippen LogP contribution >= 0.6 is 11.6 Å². The van der Waals surface area contributed by atoms with E-state index in [4.69, 9.17) is 21.1 Å². The minimum absolute atomic E-state index is 0.0528. The first kappa shape index (κ1) is 21.0. The number of nitrogens with zero attached hydrogens (tertiary/aromatic N) is 1. The molecule has 0 saturated heterocycles. The van der Waals surface area contributed by atoms with Crippen molar-refractivity contribution >= 4 is 29.1 Å². The zero-order valence-electron chi connectivity index (χ0n) is 15.1. The summed E-state index contributed by atoms with van der Waals surface area (Å²) in [5, 5.41) is 11.5. The van der Waals surface area contributed by atoms with Crippen LogP contribution < -0.4 is 20.3 Å². The van der Waals surface area contributed by atoms with E-state index in [1.807, 2.05) is 0 Å². The summed E-state index contributed by atoms with van der Waals surface area (Å²) in [5.74, 6) is -0.850. The summed E-state index contributed by atoms with van der Waals surface area (Å²) in [6.45, 7) is 2.84. The lowest BCUT2D eigenvalue weighted by atomic mass is 10.2. The quantitative estimate of drug-likeness (QED) is 0.537. The molecule has 1 atom stereocenters. The molecule has 1 unspecified atom stereocenters. The fraction of sp³-hybridized carbons (Fsp3) is 0.222. The van der Waals surface area contributed by atoms with E-state index in [1.54, 1.807) is 31.2 Å². The van der Waals surface area contributed by atoms with Crippen molar-refractivity contribution in [2.24, 2.45) is 0 Å². The summed E-state index contributed by atoms with van der Waals surface area (Å²) >= 11 is 5.85. The molecule has 0 aliphatic rings. The highest BCUT2D eigenvalue weighted by atomic mass is 35.5. The molecule has 0 radical (unpaired) electrons. The van der Waals surface area contributed by atoms with Crippen molar-refractivity contribution in [1.82, 2.24) is 10.9 Å². The first-order chi connectivity index (χ1) is 13.3. The zero-order chi connectivity index (χ0) is 20.7. The summed E-state index contributed by atoms with van der Waals surface area (Å²) in [4.78, 5) is 34.2. The third-order valence-corrected chi connectivity index (χ3v) is 3.79. The van der Waals surface area contributed by atoms with Gasteiger partial charge in [-0.15, -0.1) is 0 Å². The van der Waals surface area contributed by atoms with Crippen LogP contribution in [0.2, 0.25) is 5.02 Å². The number of amides is 2. The molecule has 2 N–H and O–H groups in total. The number of carbonyl (C=O) groups is 2. The van der Waals surface area contributed by atoms with Gasteiger partial charge in [0.2, 0.25) is 0 Å². The Morgan fingerprint density at radius 3 is 2.57 bits per heavy atom. The molecule has 28 heavy (non-hydrogen) atoms. The number of hydrazine groups is 1. The predicted octanol–water partition coefficient (Wildman–Crippen LogP) is 2.55. The van der Waals surface area contributed by atoms with Crippen LogP contribution in [0.4, 0.5) is 5.69 Å². The van der Waals surface area contributed by atoms with Gasteiger partial charge in [0.25, 0.3) is 11.8 Å². The molecule has 148 valence electrons. The van der Waals surface area contributed by atoms with Crippen LogP contribution in [0.5, 0.6) is 11.5 Å². The molecule has 0 saturated carbocycles. The van der Waals surface area contributed by atoms with Gasteiger partial charge < -0.3 is 9.47 Å². The molecule has 0 heterocycles. The molecular weight excluding hydrogens is 390 g/mol. The van der Waals surface area contributed by atoms with Gasteiger partial charge in [0.1, 0.15) is 5.75 Å². The Hall–Kier alpha value is -3.33. The van der Waals surface area contributed by atoms with Gasteiger partial charge in [-0.2, -0.15) is 0 Å². The molecule has 2 aromatic rings. The largest absolute Gasteiger partial charge is 0.483 e. The Labute approximate surface area is 165 Å². The van der Waals surface area contributed by atoms with E-state index < -0.39 is 22.8 Å². The maximum absolute atomic E-state index is 12.0. The van der Waals surface area contributed by atoms with Gasteiger partial charge >= 0.3 is 5.69 Å². The normalized spacial score (nSPS) is 11.2. The number of nitro benzene ring substituents is 1. The molecule has 2 amide bonds. The van der Waals surface area contributed by atoms with Crippen molar-refractivity contribution in [3.63, 3.8) is 0 Å². The van der Waals surface area contributed by atoms with Gasteiger partial charge in [-0.25, -0.2) is 0 Å². The van der Waals surface area contributed by atoms with Crippen LogP contribution in [0.3, 0.4) is 0 Å². The molecule has 2 rings (SSSR count). The SMILES string of the molecule is Cc1cc(Cl)ccc1OCC(=O)NNC(=O)C(C)Oc1ccccc1[N+](=O)[O-]. The smallest absolute Gasteiger partial charge is 0.310 e. The molecule has 0 bridgehead atoms. The van der Waals surface area contributed by atoms with Gasteiger partial charge in [-0.3, -0.25) is 30.6 Å². The van der Waals surface area contributed by atoms with E-state index in [1.165, 1.54) is 25.1 Å². The number of para-hydroxylation sites is 2. The van der Waals surface area contributed by atoms with E-state index >= 15 is 0 Å². The lowest BCUT2D eigenvalue weighted by molar-refractivity contribution is -0.386. The van der Waals surface area contributed by atoms with Gasteiger partial charge in [0.15, 0.2) is 18.5 Å². The van der Waals surface area contributed by atoms with Crippen LogP contribution in [-0.2, 0) is 9.59 Å². The van der Waals surface area contributed by atoms with Gasteiger partial charge in [-0.1, -0.05) is 23.7 Å². The Morgan fingerprint density at radius 1 is 1.18 bits per heavy atom. The molecule has 0 aliphatic heterocycles. The van der Waals surface area contributed by atoms with Crippen LogP contribution in [0, 0.1) is 17.0 Å². The first-order valence-corrected chi connectivity index (χ1v) is 8.53. The van der Waals surface area contributed by atoms with Crippen LogP contribution in [0.15, 0.2) is 42.5 Å². The lowest BCUT2D eigenvalue weighted by Crippen LogP contribution is -2.48. The van der Waals surface area contributed by atoms with Crippen molar-refractivity contribution in [3.05, 3.63) is 63.2 Å². The number of rotatable bonds is 7. The van der Waals surface area contributed by atoms with Crippen LogP contribution in [0.1, 0.15) is 12.5 Å². The molecule has 9 nitrogen and oxygen atoms in total. The average molecular weight is 408 g/mol. The Morgan fingerprint density at radius 2 is 1.89 bits per heavy atom. The van der Waals surface area contributed by atoms with Gasteiger partial charge in [0, 0.05) is 11.1 Å². The minimum Gasteiger partial charge on any atom is -0.483 e. The molecule has 10 heteroatoms. The summed E-state index contributed by atoms with van der Waals surface area (Å²) in [6, 6.07) is 10.6. The fourth-order valence-corrected chi connectivity index (χ4v) is 2.37. The van der Waals surface area contributed by atoms with Crippen LogP contribution in [0.25, 0.3) is 0 Å². The maximum Gasteiger partial charge on any atom is 0.310 e. The van der Waals surface area contributed by atoms with E-state index in [0.717, 1.165) is 5.56 Å². The van der Waals surface area contributed by atoms with Gasteiger partial charge in [-0.05, 0) is 43.7 Å². The number of hydrogen-bond donors (Lipinski definition) is 2. The summed E-state index contributed by atoms with van der Waals surface area (Å²) in [5.41, 5.74) is 4.86. The highest BCUT2D eigenvalue weighted by Gasteiger charge is 2.21. The summed E-state index contributed by atoms with van der Waals surface area (Å²) in [7, 11) is 0. The predicted molar refractivity (Wildman–Crippen MR) is 101 cm³/mol. The van der Waals surface area contributed by atoms with E-state index in [0.29, 0.717) is 10.8 Å². The number of benzene rings is 2. The van der Waals surface area contributed by atoms with Crippen molar-refractivity contribution in [2.75, 3.05) is 6.61 Å². The number of nitrogens with one attached hydrogen (secondary N) is 2. The third-order valence-electron chi connectivity index (χ3n) is 3.56. The molecule has 0 fully saturated rings. The Bertz CT molecular complexity index is 889. The Balaban J connectivity index is 1.82. The first-order valence-electron chi connectivity index (χ1n) is 8.15. The fourth-order valence-electron chi connectivity index (χ4n) is 2.14. The zero-order valence-corrected chi connectivity index (χ0v) is 15.9. The number of hydrogen-bond acceptors (Lipinski definition) is 6. The highest BCUT2D eigenvalue weighted by Crippen LogP contribution is 2.26. The van der Waals surface area contributed by atoms with Crippen molar-refractivity contribution in [2.45, 2.75) is 20.0 Å². The monoisotopic (exact) mass is 407 g/mol. The van der Waals surface area contributed by atoms with Crippen molar-refractivity contribution in [3.8, 4) is 11.5 Å². The molecule has 0 aromatic heterocycles. The number of carbonyl (C=O) groups excluding carboxylic acids is 2. The van der Waals surface area contributed by atoms with E-state index in [-0.39, 0.29) is 18.0 Å². The highest BCUT2D eigenvalue weighted by molar-refractivity contribution is 6.30. The van der Waals surface area contributed by atoms with E-state index in [2.05, 4.69) is 10.9 Å². The minimum atomic E-state index is -1.08. The van der Waals surface area contributed by atoms with Crippen LogP contribution in [-0.4, -0.2) is 29.4 Å². The number of halogens is 1. The van der Waals surface area contributed by atoms with Crippen molar-refractivity contribution < 1.29 is 24.0 Å². The molecular formula is C18H18ClN3O6. The average Bonchev–Trinajstić information content (AvgIpc) is 2.65. The standard InChI is InChI=1S/C18H18ClN3O6/c1-11-9-13(19)7-8-15(11)27-10-17(23)20-21-18(24)12(2)28-16-6-4-3-5-14(16)22(25)26/h3-9,12H,10H2,1-2H3,(H,20,23)(H,21,24). The second kappa shape index (κ2) is 9.56. The number of nitro groups is 1. The second-order valence-electron chi connectivity index (χ2n) is 5.72. The molecule has 2 aromatic carbocycles. The molecule has 0 aliphatic carbocycles. The summed E-state index contributed by atoms with van der Waals surface area (Å²) < 4.78 is 10.7. The molecule has 0 spiro atoms. The lowest BCUT2D eigenvalue weighted by Gasteiger charge is -2.15.